The Balaban J connectivity index is 1.55. The van der Waals surface area contributed by atoms with Gasteiger partial charge in [-0.25, -0.2) is 0 Å². The van der Waals surface area contributed by atoms with Gasteiger partial charge < -0.3 is 15.1 Å². The van der Waals surface area contributed by atoms with Crippen molar-refractivity contribution in [2.75, 3.05) is 13.1 Å². The maximum atomic E-state index is 12.8. The number of carbonyl (C=O) groups excluding carboxylic acids is 1. The molecule has 1 saturated heterocycles. The molecule has 1 amide bonds. The van der Waals surface area contributed by atoms with Crippen molar-refractivity contribution in [1.29, 1.82) is 0 Å². The quantitative estimate of drug-likeness (QED) is 0.714. The van der Waals surface area contributed by atoms with E-state index in [1.807, 2.05) is 18.2 Å². The number of nitrogens with zero attached hydrogens (tertiary/aromatic N) is 1. The highest BCUT2D eigenvalue weighted by atomic mass is 16.4. The molecule has 3 rings (SSSR count). The Morgan fingerprint density at radius 3 is 2.38 bits per heavy atom. The summed E-state index contributed by atoms with van der Waals surface area (Å²) in [6.45, 7) is 0.920. The maximum absolute atomic E-state index is 12.8. The molecule has 2 unspecified atom stereocenters. The second-order valence-electron chi connectivity index (χ2n) is 7.83. The zero-order chi connectivity index (χ0) is 20.6. The minimum atomic E-state index is -0.951. The van der Waals surface area contributed by atoms with E-state index in [1.54, 1.807) is 4.90 Å². The van der Waals surface area contributed by atoms with Gasteiger partial charge in [0.05, 0.1) is 12.5 Å². The summed E-state index contributed by atoms with van der Waals surface area (Å²) in [5.74, 6) is -1.61. The van der Waals surface area contributed by atoms with E-state index in [9.17, 15) is 19.8 Å². The maximum Gasteiger partial charge on any atom is 0.304 e. The zero-order valence-electron chi connectivity index (χ0n) is 16.7. The van der Waals surface area contributed by atoms with E-state index >= 15 is 0 Å². The lowest BCUT2D eigenvalue weighted by atomic mass is 9.93. The highest BCUT2D eigenvalue weighted by molar-refractivity contribution is 5.83. The standard InChI is InChI=1S/C24H29NO4/c26-22-10-5-15-25(17-22)24(29)21(16-23(27)28)9-4-6-18-11-13-20(14-12-18)19-7-2-1-3-8-19/h1-3,7-8,11-14,21-22,26H,4-6,9-10,15-17H2,(H,27,28). The first-order chi connectivity index (χ1) is 14.0. The average Bonchev–Trinajstić information content (AvgIpc) is 2.73. The Labute approximate surface area is 172 Å². The fourth-order valence-corrected chi connectivity index (χ4v) is 3.98. The van der Waals surface area contributed by atoms with Gasteiger partial charge in [0.2, 0.25) is 5.91 Å². The predicted octanol–water partition coefficient (Wildman–Crippen LogP) is 3.75. The fraction of sp³-hybridized carbons (Fsp3) is 0.417. The molecule has 0 bridgehead atoms. The first-order valence-corrected chi connectivity index (χ1v) is 10.4. The van der Waals surface area contributed by atoms with Crippen molar-refractivity contribution in [2.45, 2.75) is 44.6 Å². The van der Waals surface area contributed by atoms with Crippen LogP contribution >= 0.6 is 0 Å². The van der Waals surface area contributed by atoms with Crippen LogP contribution in [0.5, 0.6) is 0 Å². The second kappa shape index (κ2) is 10.2. The third-order valence-electron chi connectivity index (χ3n) is 5.56. The molecule has 0 radical (unpaired) electrons. The summed E-state index contributed by atoms with van der Waals surface area (Å²) in [4.78, 5) is 25.7. The minimum Gasteiger partial charge on any atom is -0.481 e. The number of aliphatic carboxylic acids is 1. The first kappa shape index (κ1) is 21.1. The SMILES string of the molecule is O=C(O)CC(CCCc1ccc(-c2ccccc2)cc1)C(=O)N1CCCC(O)C1. The molecule has 154 valence electrons. The average molecular weight is 395 g/mol. The van der Waals surface area contributed by atoms with Gasteiger partial charge in [0.15, 0.2) is 0 Å². The lowest BCUT2D eigenvalue weighted by Crippen LogP contribution is -2.45. The molecule has 1 fully saturated rings. The monoisotopic (exact) mass is 395 g/mol. The number of amides is 1. The second-order valence-corrected chi connectivity index (χ2v) is 7.83. The molecule has 0 aliphatic carbocycles. The molecule has 1 heterocycles. The van der Waals surface area contributed by atoms with Gasteiger partial charge in [-0.15, -0.1) is 0 Å². The number of aryl methyl sites for hydroxylation is 1. The number of likely N-dealkylation sites (tertiary alicyclic amines) is 1. The number of hydrogen-bond acceptors (Lipinski definition) is 3. The fourth-order valence-electron chi connectivity index (χ4n) is 3.98. The molecule has 0 aromatic heterocycles. The number of rotatable bonds is 8. The Bertz CT molecular complexity index is 803. The minimum absolute atomic E-state index is 0.134. The number of carboxylic acids is 1. The van der Waals surface area contributed by atoms with Crippen LogP contribution in [0.1, 0.15) is 37.7 Å². The van der Waals surface area contributed by atoms with Crippen LogP contribution in [-0.2, 0) is 16.0 Å². The molecule has 0 spiro atoms. The van der Waals surface area contributed by atoms with Crippen LogP contribution in [0, 0.1) is 5.92 Å². The lowest BCUT2D eigenvalue weighted by molar-refractivity contribution is -0.146. The highest BCUT2D eigenvalue weighted by Gasteiger charge is 2.29. The van der Waals surface area contributed by atoms with Crippen LogP contribution in [-0.4, -0.2) is 46.2 Å². The van der Waals surface area contributed by atoms with Crippen LogP contribution in [0.4, 0.5) is 0 Å². The van der Waals surface area contributed by atoms with Gasteiger partial charge in [-0.2, -0.15) is 0 Å². The topological polar surface area (TPSA) is 77.8 Å². The first-order valence-electron chi connectivity index (χ1n) is 10.4. The van der Waals surface area contributed by atoms with Gasteiger partial charge in [-0.1, -0.05) is 54.6 Å². The van der Waals surface area contributed by atoms with Crippen molar-refractivity contribution in [1.82, 2.24) is 4.90 Å². The van der Waals surface area contributed by atoms with Crippen LogP contribution in [0.25, 0.3) is 11.1 Å². The third kappa shape index (κ3) is 6.16. The van der Waals surface area contributed by atoms with Crippen LogP contribution in [0.3, 0.4) is 0 Å². The molecule has 2 N–H and O–H groups in total. The number of aliphatic hydroxyl groups is 1. The number of carboxylic acid groups (broad SMARTS) is 1. The van der Waals surface area contributed by atoms with Crippen molar-refractivity contribution in [2.24, 2.45) is 5.92 Å². The van der Waals surface area contributed by atoms with E-state index in [0.29, 0.717) is 25.9 Å². The van der Waals surface area contributed by atoms with E-state index in [0.717, 1.165) is 24.8 Å². The molecule has 1 aliphatic rings. The van der Waals surface area contributed by atoms with E-state index < -0.39 is 18.0 Å². The van der Waals surface area contributed by atoms with Crippen molar-refractivity contribution >= 4 is 11.9 Å². The molecule has 5 heteroatoms. The van der Waals surface area contributed by atoms with Crippen molar-refractivity contribution in [3.8, 4) is 11.1 Å². The van der Waals surface area contributed by atoms with E-state index in [4.69, 9.17) is 0 Å². The summed E-state index contributed by atoms with van der Waals surface area (Å²) >= 11 is 0. The molecule has 0 saturated carbocycles. The lowest BCUT2D eigenvalue weighted by Gasteiger charge is -2.32. The molecule has 2 atom stereocenters. The molecular weight excluding hydrogens is 366 g/mol. The number of aliphatic hydroxyl groups excluding tert-OH is 1. The van der Waals surface area contributed by atoms with E-state index in [1.165, 1.54) is 11.1 Å². The largest absolute Gasteiger partial charge is 0.481 e. The molecular formula is C24H29NO4. The molecule has 2 aromatic rings. The van der Waals surface area contributed by atoms with Crippen molar-refractivity contribution in [3.63, 3.8) is 0 Å². The Kier molecular flexibility index (Phi) is 7.42. The van der Waals surface area contributed by atoms with Crippen molar-refractivity contribution < 1.29 is 19.8 Å². The normalized spacial score (nSPS) is 17.7. The van der Waals surface area contributed by atoms with Gasteiger partial charge in [0.1, 0.15) is 0 Å². The zero-order valence-corrected chi connectivity index (χ0v) is 16.7. The molecule has 5 nitrogen and oxygen atoms in total. The van der Waals surface area contributed by atoms with Gasteiger partial charge in [-0.3, -0.25) is 9.59 Å². The Hall–Kier alpha value is -2.66. The van der Waals surface area contributed by atoms with Crippen LogP contribution < -0.4 is 0 Å². The number of β-amino-alcohol motifs (C(OH)–C–C–N with tert-alkyl or cyclic N) is 1. The van der Waals surface area contributed by atoms with Gasteiger partial charge in [0, 0.05) is 19.0 Å². The summed E-state index contributed by atoms with van der Waals surface area (Å²) in [6.07, 6.45) is 2.91. The van der Waals surface area contributed by atoms with Crippen LogP contribution in [0.2, 0.25) is 0 Å². The van der Waals surface area contributed by atoms with Crippen LogP contribution in [0.15, 0.2) is 54.6 Å². The Morgan fingerprint density at radius 2 is 1.72 bits per heavy atom. The molecule has 29 heavy (non-hydrogen) atoms. The summed E-state index contributed by atoms with van der Waals surface area (Å²) in [7, 11) is 0. The summed E-state index contributed by atoms with van der Waals surface area (Å²) in [5.41, 5.74) is 3.52. The van der Waals surface area contributed by atoms with Crippen molar-refractivity contribution in [3.05, 3.63) is 60.2 Å². The van der Waals surface area contributed by atoms with Gasteiger partial charge >= 0.3 is 5.97 Å². The summed E-state index contributed by atoms with van der Waals surface area (Å²) in [6, 6.07) is 18.6. The molecule has 1 aliphatic heterocycles. The smallest absolute Gasteiger partial charge is 0.304 e. The highest BCUT2D eigenvalue weighted by Crippen LogP contribution is 2.22. The van der Waals surface area contributed by atoms with Gasteiger partial charge in [0.25, 0.3) is 0 Å². The summed E-state index contributed by atoms with van der Waals surface area (Å²) < 4.78 is 0. The number of benzene rings is 2. The van der Waals surface area contributed by atoms with E-state index in [2.05, 4.69) is 36.4 Å². The number of hydrogen-bond donors (Lipinski definition) is 2. The van der Waals surface area contributed by atoms with E-state index in [-0.39, 0.29) is 12.3 Å². The predicted molar refractivity (Wildman–Crippen MR) is 112 cm³/mol. The summed E-state index contributed by atoms with van der Waals surface area (Å²) in [5, 5.41) is 19.0. The molecule has 2 aromatic carbocycles. The van der Waals surface area contributed by atoms with Gasteiger partial charge in [-0.05, 0) is 48.8 Å². The Morgan fingerprint density at radius 1 is 1.03 bits per heavy atom. The number of carbonyl (C=O) groups is 2. The third-order valence-corrected chi connectivity index (χ3v) is 5.56. The number of piperidine rings is 1.